The fourth-order valence-corrected chi connectivity index (χ4v) is 6.89. The fourth-order valence-electron chi connectivity index (χ4n) is 4.53. The third-order valence-corrected chi connectivity index (χ3v) is 8.47. The molecule has 2 aromatic rings. The van der Waals surface area contributed by atoms with Gasteiger partial charge in [-0.15, -0.1) is 0 Å². The van der Waals surface area contributed by atoms with Crippen LogP contribution >= 0.6 is 0 Å². The molecule has 0 aliphatic heterocycles. The van der Waals surface area contributed by atoms with E-state index in [1.807, 2.05) is 6.92 Å². The van der Waals surface area contributed by atoms with Crippen LogP contribution < -0.4 is 5.32 Å². The molecule has 0 heterocycles. The Kier molecular flexibility index (Phi) is 7.50. The van der Waals surface area contributed by atoms with Crippen molar-refractivity contribution in [3.63, 3.8) is 0 Å². The number of carbonyl (C=O) groups is 2. The third kappa shape index (κ3) is 5.49. The van der Waals surface area contributed by atoms with Gasteiger partial charge in [0, 0.05) is 29.5 Å². The molecule has 1 aliphatic rings. The second-order valence-electron chi connectivity index (χ2n) is 8.59. The van der Waals surface area contributed by atoms with E-state index >= 15 is 0 Å². The predicted molar refractivity (Wildman–Crippen MR) is 120 cm³/mol. The molecule has 1 saturated carbocycles. The van der Waals surface area contributed by atoms with Crippen LogP contribution in [0.3, 0.4) is 0 Å². The molecule has 2 aromatic carbocycles. The molecule has 6 nitrogen and oxygen atoms in total. The molecular formula is C24H24F3NO5S. The summed E-state index contributed by atoms with van der Waals surface area (Å²) < 4.78 is 67.0. The lowest BCUT2D eigenvalue weighted by atomic mass is 9.97. The number of carboxylic acid groups (broad SMARTS) is 1. The molecule has 0 spiro atoms. The van der Waals surface area contributed by atoms with Crippen molar-refractivity contribution in [3.8, 4) is 0 Å². The SMILES string of the molecule is C/C(=C\C(=O)O)C[C@@H]1CCC(C)C1S(=O)(=O)c1cccc(C(=O)Nc2cc(F)c(F)c(F)c2)c1. The largest absolute Gasteiger partial charge is 0.478 e. The van der Waals surface area contributed by atoms with Crippen molar-refractivity contribution in [3.05, 3.63) is 71.1 Å². The van der Waals surface area contributed by atoms with E-state index in [1.165, 1.54) is 24.3 Å². The van der Waals surface area contributed by atoms with Crippen LogP contribution in [-0.4, -0.2) is 30.7 Å². The average molecular weight is 496 g/mol. The summed E-state index contributed by atoms with van der Waals surface area (Å²) in [5.41, 5.74) is 0.189. The molecule has 2 unspecified atom stereocenters. The summed E-state index contributed by atoms with van der Waals surface area (Å²) in [6, 6.07) is 6.52. The molecule has 0 radical (unpaired) electrons. The van der Waals surface area contributed by atoms with E-state index < -0.39 is 44.4 Å². The second kappa shape index (κ2) is 10.0. The maximum absolute atomic E-state index is 13.5. The van der Waals surface area contributed by atoms with Gasteiger partial charge in [0.25, 0.3) is 5.91 Å². The van der Waals surface area contributed by atoms with Crippen molar-refractivity contribution >= 4 is 27.4 Å². The highest BCUT2D eigenvalue weighted by atomic mass is 32.2. The number of aliphatic carboxylic acids is 1. The monoisotopic (exact) mass is 495 g/mol. The molecule has 0 saturated heterocycles. The van der Waals surface area contributed by atoms with Crippen molar-refractivity contribution in [2.75, 3.05) is 5.32 Å². The molecule has 1 fully saturated rings. The van der Waals surface area contributed by atoms with E-state index in [0.29, 0.717) is 37.0 Å². The number of amides is 1. The number of allylic oxidation sites excluding steroid dienone is 1. The van der Waals surface area contributed by atoms with Crippen LogP contribution in [0.2, 0.25) is 0 Å². The summed E-state index contributed by atoms with van der Waals surface area (Å²) in [5.74, 6) is -6.98. The molecule has 10 heteroatoms. The van der Waals surface area contributed by atoms with Crippen LogP contribution in [0.1, 0.15) is 43.5 Å². The van der Waals surface area contributed by atoms with E-state index in [9.17, 15) is 31.2 Å². The van der Waals surface area contributed by atoms with Crippen molar-refractivity contribution in [2.24, 2.45) is 11.8 Å². The Hall–Kier alpha value is -3.14. The van der Waals surface area contributed by atoms with Crippen LogP contribution in [0.15, 0.2) is 52.9 Å². The van der Waals surface area contributed by atoms with Crippen LogP contribution in [-0.2, 0) is 14.6 Å². The lowest BCUT2D eigenvalue weighted by Gasteiger charge is -2.23. The van der Waals surface area contributed by atoms with E-state index in [-0.39, 0.29) is 28.0 Å². The zero-order chi connectivity index (χ0) is 25.2. The number of carbonyl (C=O) groups excluding carboxylic acids is 1. The first-order chi connectivity index (χ1) is 15.9. The highest BCUT2D eigenvalue weighted by molar-refractivity contribution is 7.92. The Morgan fingerprint density at radius 2 is 1.76 bits per heavy atom. The smallest absolute Gasteiger partial charge is 0.328 e. The van der Waals surface area contributed by atoms with Gasteiger partial charge in [-0.3, -0.25) is 4.79 Å². The first kappa shape index (κ1) is 25.5. The Labute approximate surface area is 195 Å². The lowest BCUT2D eigenvalue weighted by molar-refractivity contribution is -0.131. The van der Waals surface area contributed by atoms with Crippen LogP contribution in [0.5, 0.6) is 0 Å². The summed E-state index contributed by atoms with van der Waals surface area (Å²) in [6.45, 7) is 3.47. The number of rotatable bonds is 7. The number of benzene rings is 2. The number of halogens is 3. The second-order valence-corrected chi connectivity index (χ2v) is 10.7. The standard InChI is InChI=1S/C24H24F3NO5S/c1-13(9-21(29)30)8-15-7-6-14(2)23(15)34(32,33)18-5-3-4-16(10-18)24(31)28-17-11-19(25)22(27)20(26)12-17/h3-5,9-12,14-15,23H,6-8H2,1-2H3,(H,28,31)(H,29,30)/b13-9+/t14?,15-,23?/m0/s1. The highest BCUT2D eigenvalue weighted by Crippen LogP contribution is 2.41. The molecule has 3 rings (SSSR count). The van der Waals surface area contributed by atoms with E-state index in [4.69, 9.17) is 5.11 Å². The molecule has 1 amide bonds. The Bertz CT molecular complexity index is 1240. The van der Waals surface area contributed by atoms with Crippen molar-refractivity contribution in [2.45, 2.75) is 43.3 Å². The Morgan fingerprint density at radius 3 is 2.38 bits per heavy atom. The Morgan fingerprint density at radius 1 is 1.12 bits per heavy atom. The van der Waals surface area contributed by atoms with Crippen molar-refractivity contribution in [1.82, 2.24) is 0 Å². The molecule has 2 N–H and O–H groups in total. The molecule has 182 valence electrons. The maximum Gasteiger partial charge on any atom is 0.328 e. The van der Waals surface area contributed by atoms with Crippen LogP contribution in [0.25, 0.3) is 0 Å². The zero-order valence-corrected chi connectivity index (χ0v) is 19.3. The van der Waals surface area contributed by atoms with Gasteiger partial charge in [-0.1, -0.05) is 18.6 Å². The summed E-state index contributed by atoms with van der Waals surface area (Å²) in [6.07, 6.45) is 2.68. The minimum absolute atomic E-state index is 0.0598. The lowest BCUT2D eigenvalue weighted by Crippen LogP contribution is -2.30. The minimum atomic E-state index is -3.88. The summed E-state index contributed by atoms with van der Waals surface area (Å²) in [4.78, 5) is 23.4. The van der Waals surface area contributed by atoms with Gasteiger partial charge in [0.15, 0.2) is 27.3 Å². The number of anilines is 1. The van der Waals surface area contributed by atoms with Gasteiger partial charge in [0.1, 0.15) is 0 Å². The van der Waals surface area contributed by atoms with Crippen LogP contribution in [0.4, 0.5) is 18.9 Å². The molecule has 3 atom stereocenters. The molecule has 0 bridgehead atoms. The summed E-state index contributed by atoms with van der Waals surface area (Å²) in [5, 5.41) is 10.4. The third-order valence-electron chi connectivity index (χ3n) is 6.00. The number of hydrogen-bond donors (Lipinski definition) is 2. The quantitative estimate of drug-likeness (QED) is 0.418. The topological polar surface area (TPSA) is 101 Å². The number of nitrogens with one attached hydrogen (secondary N) is 1. The van der Waals surface area contributed by atoms with E-state index in [2.05, 4.69) is 5.32 Å². The number of hydrogen-bond acceptors (Lipinski definition) is 4. The van der Waals surface area contributed by atoms with Gasteiger partial charge in [0.2, 0.25) is 0 Å². The van der Waals surface area contributed by atoms with E-state index in [0.717, 1.165) is 6.08 Å². The minimum Gasteiger partial charge on any atom is -0.478 e. The molecule has 1 aliphatic carbocycles. The molecule has 0 aromatic heterocycles. The fraction of sp³-hybridized carbons (Fsp3) is 0.333. The van der Waals surface area contributed by atoms with Gasteiger partial charge < -0.3 is 10.4 Å². The van der Waals surface area contributed by atoms with Gasteiger partial charge >= 0.3 is 5.97 Å². The van der Waals surface area contributed by atoms with Gasteiger partial charge in [-0.25, -0.2) is 26.4 Å². The number of carboxylic acids is 1. The van der Waals surface area contributed by atoms with Gasteiger partial charge in [-0.2, -0.15) is 0 Å². The summed E-state index contributed by atoms with van der Waals surface area (Å²) in [7, 11) is -3.88. The van der Waals surface area contributed by atoms with Crippen molar-refractivity contribution < 1.29 is 36.3 Å². The summed E-state index contributed by atoms with van der Waals surface area (Å²) >= 11 is 0. The highest BCUT2D eigenvalue weighted by Gasteiger charge is 2.43. The number of sulfone groups is 1. The zero-order valence-electron chi connectivity index (χ0n) is 18.5. The predicted octanol–water partition coefficient (Wildman–Crippen LogP) is 4.97. The molecular weight excluding hydrogens is 471 g/mol. The Balaban J connectivity index is 1.87. The van der Waals surface area contributed by atoms with Crippen LogP contribution in [0, 0.1) is 29.3 Å². The van der Waals surface area contributed by atoms with E-state index in [1.54, 1.807) is 6.92 Å². The van der Waals surface area contributed by atoms with Crippen molar-refractivity contribution in [1.29, 1.82) is 0 Å². The van der Waals surface area contributed by atoms with Gasteiger partial charge in [0.05, 0.1) is 10.1 Å². The molecule has 34 heavy (non-hydrogen) atoms. The normalized spacial score (nSPS) is 20.9. The first-order valence-electron chi connectivity index (χ1n) is 10.6. The first-order valence-corrected chi connectivity index (χ1v) is 12.1. The maximum atomic E-state index is 13.5. The van der Waals surface area contributed by atoms with Gasteiger partial charge in [-0.05, 0) is 56.2 Å². The average Bonchev–Trinajstić information content (AvgIpc) is 3.11.